The van der Waals surface area contributed by atoms with Crippen molar-refractivity contribution >= 4 is 54.5 Å². The highest BCUT2D eigenvalue weighted by molar-refractivity contribution is 7.71. The monoisotopic (exact) mass is 224 g/mol. The number of fused-ring (bicyclic) bond motifs is 3. The minimum Gasteiger partial charge on any atom is -0.337 e. The van der Waals surface area contributed by atoms with E-state index in [0.29, 0.717) is 0 Å². The van der Waals surface area contributed by atoms with E-state index >= 15 is 0 Å². The number of aromatic amines is 1. The van der Waals surface area contributed by atoms with Gasteiger partial charge in [0.25, 0.3) is 0 Å². The van der Waals surface area contributed by atoms with Crippen molar-refractivity contribution in [3.63, 3.8) is 0 Å². The van der Waals surface area contributed by atoms with Gasteiger partial charge in [-0.25, -0.2) is 4.98 Å². The molecule has 0 bridgehead atoms. The zero-order valence-corrected chi connectivity index (χ0v) is 8.85. The van der Waals surface area contributed by atoms with Crippen LogP contribution in [0.3, 0.4) is 0 Å². The lowest BCUT2D eigenvalue weighted by molar-refractivity contribution is 1.22. The van der Waals surface area contributed by atoms with Crippen LogP contribution in [0.5, 0.6) is 0 Å². The van der Waals surface area contributed by atoms with Gasteiger partial charge in [0.2, 0.25) is 0 Å². The summed E-state index contributed by atoms with van der Waals surface area (Å²) >= 11 is 8.64. The van der Waals surface area contributed by atoms with Crippen LogP contribution in [0, 0.1) is 4.64 Å². The molecule has 5 heteroatoms. The van der Waals surface area contributed by atoms with Crippen LogP contribution in [0.4, 0.5) is 0 Å². The first kappa shape index (κ1) is 7.61. The molecule has 3 aromatic rings. The summed E-state index contributed by atoms with van der Waals surface area (Å²) in [4.78, 5) is 8.25. The van der Waals surface area contributed by atoms with Crippen molar-refractivity contribution in [2.75, 3.05) is 0 Å². The SMILES string of the molecule is S=c1[nH]cnc2sc3ccsc3c12. The van der Waals surface area contributed by atoms with Crippen LogP contribution in [0.15, 0.2) is 17.8 Å². The fourth-order valence-corrected chi connectivity index (χ4v) is 3.92. The van der Waals surface area contributed by atoms with Crippen LogP contribution >= 0.6 is 34.9 Å². The molecule has 0 spiro atoms. The molecule has 0 aliphatic rings. The Morgan fingerprint density at radius 2 is 2.38 bits per heavy atom. The molecule has 0 aliphatic carbocycles. The van der Waals surface area contributed by atoms with Crippen LogP contribution in [0.1, 0.15) is 0 Å². The molecule has 3 aromatic heterocycles. The third-order valence-electron chi connectivity index (χ3n) is 1.88. The predicted octanol–water partition coefficient (Wildman–Crippen LogP) is 3.57. The van der Waals surface area contributed by atoms with E-state index in [1.165, 1.54) is 9.40 Å². The topological polar surface area (TPSA) is 28.7 Å². The Morgan fingerprint density at radius 3 is 3.31 bits per heavy atom. The number of nitrogens with one attached hydrogen (secondary N) is 1. The summed E-state index contributed by atoms with van der Waals surface area (Å²) in [7, 11) is 0. The van der Waals surface area contributed by atoms with Gasteiger partial charge in [-0.3, -0.25) is 0 Å². The lowest BCUT2D eigenvalue weighted by atomic mass is 10.4. The number of nitrogens with zero attached hydrogens (tertiary/aromatic N) is 1. The van der Waals surface area contributed by atoms with Gasteiger partial charge in [-0.1, -0.05) is 12.2 Å². The quantitative estimate of drug-likeness (QED) is 0.591. The highest BCUT2D eigenvalue weighted by Gasteiger charge is 2.07. The van der Waals surface area contributed by atoms with Gasteiger partial charge in [0.1, 0.15) is 9.47 Å². The number of thiophene rings is 2. The van der Waals surface area contributed by atoms with E-state index < -0.39 is 0 Å². The summed E-state index contributed by atoms with van der Waals surface area (Å²) in [6.45, 7) is 0. The fourth-order valence-electron chi connectivity index (χ4n) is 1.33. The summed E-state index contributed by atoms with van der Waals surface area (Å²) in [5.41, 5.74) is 0. The Labute approximate surface area is 86.9 Å². The van der Waals surface area contributed by atoms with E-state index in [2.05, 4.69) is 21.4 Å². The highest BCUT2D eigenvalue weighted by Crippen LogP contribution is 2.35. The van der Waals surface area contributed by atoms with E-state index in [1.54, 1.807) is 29.0 Å². The Balaban J connectivity index is 2.77. The maximum Gasteiger partial charge on any atom is 0.130 e. The first-order valence-electron chi connectivity index (χ1n) is 3.69. The van der Waals surface area contributed by atoms with Crippen molar-refractivity contribution in [1.29, 1.82) is 0 Å². The number of aromatic nitrogens is 2. The van der Waals surface area contributed by atoms with E-state index in [4.69, 9.17) is 12.2 Å². The molecule has 1 N–H and O–H groups in total. The standard InChI is InChI=1S/C8H4N2S3/c11-7-5-6-4(1-2-12-6)13-8(5)10-3-9-7/h1-3H,(H,9,10,11). The van der Waals surface area contributed by atoms with Gasteiger partial charge in [0.05, 0.1) is 16.4 Å². The molecule has 2 nitrogen and oxygen atoms in total. The van der Waals surface area contributed by atoms with Crippen LogP contribution in [-0.4, -0.2) is 9.97 Å². The van der Waals surface area contributed by atoms with Crippen molar-refractivity contribution in [3.8, 4) is 0 Å². The summed E-state index contributed by atoms with van der Waals surface area (Å²) in [6.07, 6.45) is 1.66. The summed E-state index contributed by atoms with van der Waals surface area (Å²) in [5.74, 6) is 0. The molecule has 0 radical (unpaired) electrons. The number of hydrogen-bond donors (Lipinski definition) is 1. The molecule has 0 unspecified atom stereocenters. The van der Waals surface area contributed by atoms with E-state index in [-0.39, 0.29) is 0 Å². The van der Waals surface area contributed by atoms with E-state index in [1.807, 2.05) is 0 Å². The molecule has 0 aromatic carbocycles. The molecular formula is C8H4N2S3. The molecule has 3 heterocycles. The average Bonchev–Trinajstić information content (AvgIpc) is 2.62. The Hall–Kier alpha value is -0.780. The lowest BCUT2D eigenvalue weighted by Crippen LogP contribution is -1.76. The number of rotatable bonds is 0. The van der Waals surface area contributed by atoms with Gasteiger partial charge in [-0.2, -0.15) is 0 Å². The summed E-state index contributed by atoms with van der Waals surface area (Å²) < 4.78 is 3.33. The van der Waals surface area contributed by atoms with Gasteiger partial charge in [0, 0.05) is 4.70 Å². The van der Waals surface area contributed by atoms with Gasteiger partial charge < -0.3 is 4.98 Å². The molecule has 0 amide bonds. The van der Waals surface area contributed by atoms with Crippen molar-refractivity contribution in [2.24, 2.45) is 0 Å². The van der Waals surface area contributed by atoms with Crippen LogP contribution in [0.25, 0.3) is 19.6 Å². The second-order valence-corrected chi connectivity index (χ2v) is 4.98. The lowest BCUT2D eigenvalue weighted by Gasteiger charge is -1.86. The maximum atomic E-state index is 5.22. The molecule has 0 saturated heterocycles. The molecule has 3 rings (SSSR count). The summed E-state index contributed by atoms with van der Waals surface area (Å²) in [5, 5.41) is 3.19. The first-order valence-corrected chi connectivity index (χ1v) is 5.80. The highest BCUT2D eigenvalue weighted by atomic mass is 32.1. The number of hydrogen-bond acceptors (Lipinski definition) is 4. The van der Waals surface area contributed by atoms with E-state index in [0.717, 1.165) is 14.9 Å². The molecule has 0 aliphatic heterocycles. The average molecular weight is 224 g/mol. The molecule has 13 heavy (non-hydrogen) atoms. The smallest absolute Gasteiger partial charge is 0.130 e. The normalized spacial score (nSPS) is 11.4. The van der Waals surface area contributed by atoms with Gasteiger partial charge in [-0.15, -0.1) is 22.7 Å². The van der Waals surface area contributed by atoms with Gasteiger partial charge in [-0.05, 0) is 11.4 Å². The summed E-state index contributed by atoms with van der Waals surface area (Å²) in [6, 6.07) is 2.11. The Bertz CT molecular complexity index is 631. The molecule has 64 valence electrons. The van der Waals surface area contributed by atoms with Crippen molar-refractivity contribution in [3.05, 3.63) is 22.4 Å². The largest absolute Gasteiger partial charge is 0.337 e. The third kappa shape index (κ3) is 0.979. The minimum absolute atomic E-state index is 0.790. The second-order valence-electron chi connectivity index (χ2n) is 2.63. The van der Waals surface area contributed by atoms with Crippen LogP contribution in [0.2, 0.25) is 0 Å². The van der Waals surface area contributed by atoms with Crippen LogP contribution in [-0.2, 0) is 0 Å². The van der Waals surface area contributed by atoms with Crippen molar-refractivity contribution in [1.82, 2.24) is 9.97 Å². The third-order valence-corrected chi connectivity index (χ3v) is 4.33. The molecule has 0 saturated carbocycles. The minimum atomic E-state index is 0.790. The zero-order valence-electron chi connectivity index (χ0n) is 6.40. The van der Waals surface area contributed by atoms with Gasteiger partial charge in [0.15, 0.2) is 0 Å². The zero-order chi connectivity index (χ0) is 8.84. The fraction of sp³-hybridized carbons (Fsp3) is 0. The molecule has 0 atom stereocenters. The maximum absolute atomic E-state index is 5.22. The van der Waals surface area contributed by atoms with Gasteiger partial charge >= 0.3 is 0 Å². The predicted molar refractivity (Wildman–Crippen MR) is 60.2 cm³/mol. The molecule has 0 fully saturated rings. The van der Waals surface area contributed by atoms with Crippen molar-refractivity contribution in [2.45, 2.75) is 0 Å². The van der Waals surface area contributed by atoms with Crippen LogP contribution < -0.4 is 0 Å². The number of H-pyrrole nitrogens is 1. The second kappa shape index (κ2) is 2.60. The Morgan fingerprint density at radius 1 is 1.46 bits per heavy atom. The first-order chi connectivity index (χ1) is 6.36. The Kier molecular flexibility index (Phi) is 1.52. The van der Waals surface area contributed by atoms with Crippen molar-refractivity contribution < 1.29 is 0 Å². The van der Waals surface area contributed by atoms with E-state index in [9.17, 15) is 0 Å². The molecular weight excluding hydrogens is 220 g/mol.